The maximum atomic E-state index is 4.57. The van der Waals surface area contributed by atoms with Crippen molar-refractivity contribution in [1.29, 1.82) is 0 Å². The van der Waals surface area contributed by atoms with Crippen LogP contribution in [0.1, 0.15) is 24.5 Å². The van der Waals surface area contributed by atoms with Crippen molar-refractivity contribution in [3.63, 3.8) is 0 Å². The van der Waals surface area contributed by atoms with Gasteiger partial charge in [-0.1, -0.05) is 0 Å². The van der Waals surface area contributed by atoms with Gasteiger partial charge in [0.2, 0.25) is 5.95 Å². The van der Waals surface area contributed by atoms with Crippen molar-refractivity contribution in [2.75, 3.05) is 18.4 Å². The van der Waals surface area contributed by atoms with Crippen LogP contribution in [0.5, 0.6) is 0 Å². The van der Waals surface area contributed by atoms with Crippen molar-refractivity contribution in [2.24, 2.45) is 0 Å². The second-order valence-electron chi connectivity index (χ2n) is 4.60. The lowest BCUT2D eigenvalue weighted by Crippen LogP contribution is -2.28. The Morgan fingerprint density at radius 1 is 1.26 bits per heavy atom. The highest BCUT2D eigenvalue weighted by Crippen LogP contribution is 2.22. The molecule has 3 heterocycles. The molecule has 0 aromatic carbocycles. The summed E-state index contributed by atoms with van der Waals surface area (Å²) in [6.07, 6.45) is 9.07. The average Bonchev–Trinajstić information content (AvgIpc) is 2.49. The molecule has 3 rings (SSSR count). The Balaban J connectivity index is 1.76. The van der Waals surface area contributed by atoms with Crippen molar-refractivity contribution in [3.8, 4) is 0 Å². The quantitative estimate of drug-likeness (QED) is 0.866. The van der Waals surface area contributed by atoms with Gasteiger partial charge in [0.05, 0.1) is 23.8 Å². The Morgan fingerprint density at radius 2 is 2.16 bits per heavy atom. The summed E-state index contributed by atoms with van der Waals surface area (Å²) in [4.78, 5) is 16.7. The van der Waals surface area contributed by atoms with Gasteiger partial charge in [-0.2, -0.15) is 0 Å². The largest absolute Gasteiger partial charge is 0.322 e. The minimum absolute atomic E-state index is 0.476. The molecule has 0 saturated carbocycles. The first-order valence-electron chi connectivity index (χ1n) is 6.47. The predicted octanol–water partition coefficient (Wildman–Crippen LogP) is 1.48. The van der Waals surface area contributed by atoms with Crippen LogP contribution in [0.25, 0.3) is 0 Å². The van der Waals surface area contributed by atoms with Crippen molar-refractivity contribution in [2.45, 2.75) is 18.8 Å². The normalized spacial score (nSPS) is 19.1. The zero-order valence-corrected chi connectivity index (χ0v) is 10.6. The Kier molecular flexibility index (Phi) is 3.60. The summed E-state index contributed by atoms with van der Waals surface area (Å²) in [5.74, 6) is 1.07. The molecule has 1 unspecified atom stereocenters. The fourth-order valence-electron chi connectivity index (χ4n) is 2.26. The number of nitrogens with zero attached hydrogens (tertiary/aromatic N) is 4. The molecule has 1 saturated heterocycles. The van der Waals surface area contributed by atoms with Gasteiger partial charge >= 0.3 is 0 Å². The highest BCUT2D eigenvalue weighted by molar-refractivity contribution is 5.49. The van der Waals surface area contributed by atoms with Crippen LogP contribution in [-0.2, 0) is 0 Å². The van der Waals surface area contributed by atoms with Gasteiger partial charge in [-0.3, -0.25) is 0 Å². The maximum absolute atomic E-state index is 4.57. The van der Waals surface area contributed by atoms with Crippen LogP contribution >= 0.6 is 0 Å². The molecular formula is C13H16N6. The van der Waals surface area contributed by atoms with Gasteiger partial charge in [-0.05, 0) is 25.5 Å². The molecule has 1 aliphatic heterocycles. The highest BCUT2D eigenvalue weighted by atomic mass is 15.1. The van der Waals surface area contributed by atoms with Gasteiger partial charge in [-0.15, -0.1) is 0 Å². The zero-order chi connectivity index (χ0) is 12.9. The van der Waals surface area contributed by atoms with Crippen LogP contribution < -0.4 is 10.6 Å². The van der Waals surface area contributed by atoms with E-state index in [0.717, 1.165) is 24.5 Å². The third kappa shape index (κ3) is 3.03. The van der Waals surface area contributed by atoms with E-state index >= 15 is 0 Å². The second-order valence-corrected chi connectivity index (χ2v) is 4.60. The number of piperidine rings is 1. The van der Waals surface area contributed by atoms with Crippen LogP contribution in [0.15, 0.2) is 31.0 Å². The number of nitrogens with one attached hydrogen (secondary N) is 2. The number of hydrogen-bond donors (Lipinski definition) is 2. The van der Waals surface area contributed by atoms with E-state index in [9.17, 15) is 0 Å². The molecule has 2 aromatic heterocycles. The van der Waals surface area contributed by atoms with Crippen molar-refractivity contribution >= 4 is 11.6 Å². The first-order valence-corrected chi connectivity index (χ1v) is 6.47. The van der Waals surface area contributed by atoms with Crippen LogP contribution in [-0.4, -0.2) is 33.0 Å². The van der Waals surface area contributed by atoms with Crippen LogP contribution in [0, 0.1) is 0 Å². The Hall–Kier alpha value is -2.08. The predicted molar refractivity (Wildman–Crippen MR) is 72.2 cm³/mol. The molecule has 1 atom stereocenters. The molecule has 2 N–H and O–H groups in total. The topological polar surface area (TPSA) is 75.6 Å². The van der Waals surface area contributed by atoms with Crippen molar-refractivity contribution < 1.29 is 0 Å². The molecule has 1 fully saturated rings. The number of anilines is 2. The monoisotopic (exact) mass is 256 g/mol. The van der Waals surface area contributed by atoms with Gasteiger partial charge in [0.15, 0.2) is 0 Å². The van der Waals surface area contributed by atoms with E-state index in [-0.39, 0.29) is 0 Å². The highest BCUT2D eigenvalue weighted by Gasteiger charge is 2.16. The summed E-state index contributed by atoms with van der Waals surface area (Å²) in [7, 11) is 0. The fourth-order valence-corrected chi connectivity index (χ4v) is 2.26. The number of hydrogen-bond acceptors (Lipinski definition) is 6. The van der Waals surface area contributed by atoms with E-state index in [1.165, 1.54) is 19.2 Å². The molecule has 0 amide bonds. The van der Waals surface area contributed by atoms with Crippen molar-refractivity contribution in [1.82, 2.24) is 25.3 Å². The molecular weight excluding hydrogens is 240 g/mol. The smallest absolute Gasteiger partial charge is 0.227 e. The summed E-state index contributed by atoms with van der Waals surface area (Å²) in [6.45, 7) is 2.10. The maximum Gasteiger partial charge on any atom is 0.227 e. The molecule has 19 heavy (non-hydrogen) atoms. The summed E-state index contributed by atoms with van der Waals surface area (Å²) in [5.41, 5.74) is 1.88. The molecule has 0 spiro atoms. The summed E-state index contributed by atoms with van der Waals surface area (Å²) in [5, 5.41) is 6.52. The van der Waals surface area contributed by atoms with Gasteiger partial charge in [0.25, 0.3) is 0 Å². The van der Waals surface area contributed by atoms with E-state index in [1.807, 2.05) is 6.07 Å². The third-order valence-corrected chi connectivity index (χ3v) is 3.21. The second kappa shape index (κ2) is 5.71. The van der Waals surface area contributed by atoms with Crippen LogP contribution in [0.2, 0.25) is 0 Å². The Bertz CT molecular complexity index is 524. The Labute approximate surface area is 111 Å². The van der Waals surface area contributed by atoms with Gasteiger partial charge < -0.3 is 10.6 Å². The van der Waals surface area contributed by atoms with E-state index in [1.54, 1.807) is 18.6 Å². The first kappa shape index (κ1) is 12.0. The van der Waals surface area contributed by atoms with E-state index < -0.39 is 0 Å². The number of rotatable bonds is 3. The van der Waals surface area contributed by atoms with Gasteiger partial charge in [0, 0.05) is 18.7 Å². The lowest BCUT2D eigenvalue weighted by Gasteiger charge is -2.22. The molecule has 6 nitrogen and oxygen atoms in total. The average molecular weight is 256 g/mol. The third-order valence-electron chi connectivity index (χ3n) is 3.21. The Morgan fingerprint density at radius 3 is 2.95 bits per heavy atom. The molecule has 0 bridgehead atoms. The van der Waals surface area contributed by atoms with Gasteiger partial charge in [-0.25, -0.2) is 19.9 Å². The standard InChI is InChI=1S/C13H16N6/c1-2-10(6-14-4-1)12-3-5-17-13(19-12)18-11-7-15-9-16-8-11/h3,5,7-10,14H,1-2,4,6H2,(H,17,18,19). The van der Waals surface area contributed by atoms with E-state index in [4.69, 9.17) is 0 Å². The molecule has 6 heteroatoms. The number of aromatic nitrogens is 4. The minimum atomic E-state index is 0.476. The molecule has 2 aromatic rings. The molecule has 98 valence electrons. The molecule has 1 aliphatic rings. The summed E-state index contributed by atoms with van der Waals surface area (Å²) < 4.78 is 0. The molecule has 0 aliphatic carbocycles. The van der Waals surface area contributed by atoms with E-state index in [0.29, 0.717) is 11.9 Å². The summed E-state index contributed by atoms with van der Waals surface area (Å²) >= 11 is 0. The summed E-state index contributed by atoms with van der Waals surface area (Å²) in [6, 6.07) is 1.99. The van der Waals surface area contributed by atoms with Crippen LogP contribution in [0.4, 0.5) is 11.6 Å². The van der Waals surface area contributed by atoms with Crippen molar-refractivity contribution in [3.05, 3.63) is 36.7 Å². The lowest BCUT2D eigenvalue weighted by atomic mass is 9.96. The fraction of sp³-hybridized carbons (Fsp3) is 0.385. The zero-order valence-electron chi connectivity index (χ0n) is 10.6. The minimum Gasteiger partial charge on any atom is -0.322 e. The van der Waals surface area contributed by atoms with E-state index in [2.05, 4.69) is 30.6 Å². The SMILES string of the molecule is c1ncc(Nc2nccc(C3CCCNC3)n2)cn1. The molecule has 0 radical (unpaired) electrons. The van der Waals surface area contributed by atoms with Gasteiger partial charge in [0.1, 0.15) is 6.33 Å². The lowest BCUT2D eigenvalue weighted by molar-refractivity contribution is 0.454. The van der Waals surface area contributed by atoms with Crippen LogP contribution in [0.3, 0.4) is 0 Å². The first-order chi connectivity index (χ1) is 9.42.